The number of hydrogen-bond donors (Lipinski definition) is 0. The van der Waals surface area contributed by atoms with E-state index in [9.17, 15) is 22.8 Å². The highest BCUT2D eigenvalue weighted by Gasteiger charge is 2.47. The summed E-state index contributed by atoms with van der Waals surface area (Å²) in [6.45, 7) is 4.15. The molecule has 2 rings (SSSR count). The van der Waals surface area contributed by atoms with Crippen LogP contribution in [0.3, 0.4) is 0 Å². The number of ether oxygens (including phenoxy) is 3. The smallest absolute Gasteiger partial charge is 0.416 e. The Kier molecular flexibility index (Phi) is 8.42. The molecule has 0 heterocycles. The van der Waals surface area contributed by atoms with Crippen LogP contribution < -0.4 is 0 Å². The second-order valence-electron chi connectivity index (χ2n) is 6.94. The van der Waals surface area contributed by atoms with E-state index in [0.717, 1.165) is 0 Å². The molecule has 30 heavy (non-hydrogen) atoms. The zero-order chi connectivity index (χ0) is 22.5. The molecule has 0 bridgehead atoms. The average Bonchev–Trinajstić information content (AvgIpc) is 2.66. The highest BCUT2D eigenvalue weighted by Crippen LogP contribution is 2.38. The van der Waals surface area contributed by atoms with Gasteiger partial charge in [0, 0.05) is 35.1 Å². The summed E-state index contributed by atoms with van der Waals surface area (Å²) in [5, 5.41) is -0.617. The molecule has 1 aromatic rings. The van der Waals surface area contributed by atoms with Gasteiger partial charge in [-0.25, -0.2) is 4.79 Å². The SMILES string of the molecule is CCOC(=O)C1(OC(=O)Cc2c(Cl)cc(C(F)(F)F)cc2Cl)CCC(OCC)CC1. The van der Waals surface area contributed by atoms with Gasteiger partial charge >= 0.3 is 18.1 Å². The molecule has 1 fully saturated rings. The number of halogens is 5. The second-order valence-corrected chi connectivity index (χ2v) is 7.75. The molecule has 0 aromatic heterocycles. The van der Waals surface area contributed by atoms with E-state index in [1.165, 1.54) is 0 Å². The largest absolute Gasteiger partial charge is 0.463 e. The first-order chi connectivity index (χ1) is 14.0. The first-order valence-corrected chi connectivity index (χ1v) is 10.3. The van der Waals surface area contributed by atoms with Crippen LogP contribution in [0.1, 0.15) is 50.7 Å². The van der Waals surface area contributed by atoms with E-state index in [4.69, 9.17) is 37.4 Å². The summed E-state index contributed by atoms with van der Waals surface area (Å²) in [4.78, 5) is 25.1. The molecule has 0 saturated heterocycles. The minimum atomic E-state index is -4.63. The number of alkyl halides is 3. The lowest BCUT2D eigenvalue weighted by Gasteiger charge is -2.37. The van der Waals surface area contributed by atoms with Gasteiger partial charge in [0.25, 0.3) is 0 Å². The third-order valence-electron chi connectivity index (χ3n) is 4.89. The topological polar surface area (TPSA) is 61.8 Å². The first kappa shape index (κ1) is 24.8. The summed E-state index contributed by atoms with van der Waals surface area (Å²) in [6.07, 6.45) is -3.71. The van der Waals surface area contributed by atoms with E-state index < -0.39 is 35.7 Å². The second kappa shape index (κ2) is 10.2. The van der Waals surface area contributed by atoms with Crippen molar-refractivity contribution in [1.82, 2.24) is 0 Å². The molecular formula is C20H23Cl2F3O5. The summed E-state index contributed by atoms with van der Waals surface area (Å²) >= 11 is 11.9. The van der Waals surface area contributed by atoms with Crippen LogP contribution in [-0.4, -0.2) is 36.9 Å². The molecule has 0 amide bonds. The summed E-state index contributed by atoms with van der Waals surface area (Å²) in [6, 6.07) is 1.40. The van der Waals surface area contributed by atoms with Gasteiger partial charge < -0.3 is 14.2 Å². The normalized spacial score (nSPS) is 21.9. The van der Waals surface area contributed by atoms with Gasteiger partial charge in [-0.05, 0) is 38.8 Å². The summed E-state index contributed by atoms with van der Waals surface area (Å²) in [7, 11) is 0. The minimum absolute atomic E-state index is 0.00153. The third kappa shape index (κ3) is 6.02. The maximum Gasteiger partial charge on any atom is 0.416 e. The molecule has 0 aliphatic heterocycles. The fourth-order valence-electron chi connectivity index (χ4n) is 3.40. The monoisotopic (exact) mass is 470 g/mol. The molecule has 10 heteroatoms. The van der Waals surface area contributed by atoms with Crippen LogP contribution >= 0.6 is 23.2 Å². The minimum Gasteiger partial charge on any atom is -0.463 e. The van der Waals surface area contributed by atoms with Gasteiger partial charge in [-0.1, -0.05) is 23.2 Å². The van der Waals surface area contributed by atoms with E-state index in [2.05, 4.69) is 0 Å². The molecular weight excluding hydrogens is 448 g/mol. The predicted octanol–water partition coefficient (Wildman–Crippen LogP) is 5.38. The van der Waals surface area contributed by atoms with Crippen LogP contribution in [0.15, 0.2) is 12.1 Å². The lowest BCUT2D eigenvalue weighted by Crippen LogP contribution is -2.48. The molecule has 1 aromatic carbocycles. The standard InChI is InChI=1S/C20H23Cl2F3O5/c1-3-28-13-5-7-19(8-6-13,18(27)29-4-2)30-17(26)11-14-15(21)9-12(10-16(14)22)20(23,24)25/h9-10,13H,3-8,11H2,1-2H3. The van der Waals surface area contributed by atoms with Crippen molar-refractivity contribution < 1.29 is 37.0 Å². The number of benzene rings is 1. The zero-order valence-electron chi connectivity index (χ0n) is 16.6. The van der Waals surface area contributed by atoms with Crippen molar-refractivity contribution in [3.05, 3.63) is 33.3 Å². The van der Waals surface area contributed by atoms with Crippen molar-refractivity contribution in [3.8, 4) is 0 Å². The van der Waals surface area contributed by atoms with E-state index in [1.54, 1.807) is 6.92 Å². The quantitative estimate of drug-likeness (QED) is 0.500. The highest BCUT2D eigenvalue weighted by atomic mass is 35.5. The van der Waals surface area contributed by atoms with Gasteiger partial charge in [0.05, 0.1) is 24.7 Å². The van der Waals surface area contributed by atoms with Gasteiger partial charge in [0.1, 0.15) is 0 Å². The average molecular weight is 471 g/mol. The molecule has 1 saturated carbocycles. The van der Waals surface area contributed by atoms with Crippen LogP contribution in [0.2, 0.25) is 10.0 Å². The molecule has 0 radical (unpaired) electrons. The van der Waals surface area contributed by atoms with Gasteiger partial charge in [-0.3, -0.25) is 4.79 Å². The molecule has 0 N–H and O–H groups in total. The molecule has 168 valence electrons. The van der Waals surface area contributed by atoms with E-state index in [1.807, 2.05) is 6.92 Å². The van der Waals surface area contributed by atoms with Gasteiger partial charge in [-0.15, -0.1) is 0 Å². The predicted molar refractivity (Wildman–Crippen MR) is 105 cm³/mol. The third-order valence-corrected chi connectivity index (χ3v) is 5.56. The number of carbonyl (C=O) groups is 2. The van der Waals surface area contributed by atoms with Gasteiger partial charge in [0.15, 0.2) is 0 Å². The van der Waals surface area contributed by atoms with Crippen LogP contribution in [0.4, 0.5) is 13.2 Å². The Bertz CT molecular complexity index is 751. The molecule has 1 aliphatic carbocycles. The summed E-state index contributed by atoms with van der Waals surface area (Å²) in [5.41, 5.74) is -2.49. The van der Waals surface area contributed by atoms with Crippen molar-refractivity contribution in [2.24, 2.45) is 0 Å². The van der Waals surface area contributed by atoms with Crippen LogP contribution in [0.5, 0.6) is 0 Å². The zero-order valence-corrected chi connectivity index (χ0v) is 18.1. The van der Waals surface area contributed by atoms with Crippen molar-refractivity contribution in [2.45, 2.75) is 63.8 Å². The Morgan fingerprint density at radius 3 is 2.13 bits per heavy atom. The lowest BCUT2D eigenvalue weighted by molar-refractivity contribution is -0.189. The maximum atomic E-state index is 12.9. The van der Waals surface area contributed by atoms with Crippen molar-refractivity contribution in [1.29, 1.82) is 0 Å². The summed E-state index contributed by atoms with van der Waals surface area (Å²) < 4.78 is 54.8. The van der Waals surface area contributed by atoms with Crippen molar-refractivity contribution in [2.75, 3.05) is 13.2 Å². The Balaban J connectivity index is 2.18. The van der Waals surface area contributed by atoms with Crippen LogP contribution in [-0.2, 0) is 36.4 Å². The van der Waals surface area contributed by atoms with Gasteiger partial charge in [-0.2, -0.15) is 13.2 Å². The summed E-state index contributed by atoms with van der Waals surface area (Å²) in [5.74, 6) is -1.49. The Morgan fingerprint density at radius 2 is 1.67 bits per heavy atom. The Labute approximate surface area is 182 Å². The van der Waals surface area contributed by atoms with Crippen molar-refractivity contribution >= 4 is 35.1 Å². The van der Waals surface area contributed by atoms with E-state index >= 15 is 0 Å². The Hall–Kier alpha value is -1.51. The lowest BCUT2D eigenvalue weighted by atomic mass is 9.83. The van der Waals surface area contributed by atoms with Gasteiger partial charge in [0.2, 0.25) is 5.60 Å². The van der Waals surface area contributed by atoms with E-state index in [-0.39, 0.29) is 41.2 Å². The fourth-order valence-corrected chi connectivity index (χ4v) is 4.03. The van der Waals surface area contributed by atoms with Crippen molar-refractivity contribution in [3.63, 3.8) is 0 Å². The maximum absolute atomic E-state index is 12.9. The molecule has 5 nitrogen and oxygen atoms in total. The molecule has 0 spiro atoms. The molecule has 1 aliphatic rings. The van der Waals surface area contributed by atoms with E-state index in [0.29, 0.717) is 31.6 Å². The number of carbonyl (C=O) groups excluding carboxylic acids is 2. The number of hydrogen-bond acceptors (Lipinski definition) is 5. The van der Waals surface area contributed by atoms with Crippen LogP contribution in [0.25, 0.3) is 0 Å². The molecule has 0 atom stereocenters. The molecule has 0 unspecified atom stereocenters. The first-order valence-electron chi connectivity index (χ1n) is 9.58. The number of esters is 2. The fraction of sp³-hybridized carbons (Fsp3) is 0.600. The van der Waals surface area contributed by atoms with Crippen LogP contribution in [0, 0.1) is 0 Å². The Morgan fingerprint density at radius 1 is 1.10 bits per heavy atom. The highest BCUT2D eigenvalue weighted by molar-refractivity contribution is 6.36. The number of rotatable bonds is 7.